The van der Waals surface area contributed by atoms with E-state index in [9.17, 15) is 4.79 Å². The number of anilines is 1. The Balaban J connectivity index is 1.61. The lowest BCUT2D eigenvalue weighted by molar-refractivity contribution is -0.115. The molecule has 8 heteroatoms. The van der Waals surface area contributed by atoms with E-state index in [0.29, 0.717) is 6.04 Å². The van der Waals surface area contributed by atoms with Crippen molar-refractivity contribution in [2.75, 3.05) is 5.32 Å². The lowest BCUT2D eigenvalue weighted by atomic mass is 9.86. The summed E-state index contributed by atoms with van der Waals surface area (Å²) in [6.45, 7) is 12.5. The summed E-state index contributed by atoms with van der Waals surface area (Å²) in [6.07, 6.45) is 5.94. The van der Waals surface area contributed by atoms with Gasteiger partial charge < -0.3 is 5.32 Å². The first-order valence-electron chi connectivity index (χ1n) is 12.6. The van der Waals surface area contributed by atoms with Crippen molar-refractivity contribution in [2.24, 2.45) is 7.05 Å². The highest BCUT2D eigenvalue weighted by Crippen LogP contribution is 2.37. The zero-order valence-electron chi connectivity index (χ0n) is 22.1. The second-order valence-electron chi connectivity index (χ2n) is 10.7. The summed E-state index contributed by atoms with van der Waals surface area (Å²) in [5.74, 6) is 0.842. The van der Waals surface area contributed by atoms with E-state index in [-0.39, 0.29) is 16.6 Å². The van der Waals surface area contributed by atoms with Gasteiger partial charge in [0.1, 0.15) is 0 Å². The third kappa shape index (κ3) is 5.47. The Bertz CT molecular complexity index is 1180. The van der Waals surface area contributed by atoms with Crippen LogP contribution in [0.1, 0.15) is 82.8 Å². The quantitative estimate of drug-likeness (QED) is 0.412. The van der Waals surface area contributed by atoms with E-state index < -0.39 is 0 Å². The molecule has 1 aliphatic rings. The van der Waals surface area contributed by atoms with Crippen LogP contribution in [0.3, 0.4) is 0 Å². The molecule has 1 aromatic carbocycles. The molecule has 1 amide bonds. The minimum Gasteiger partial charge on any atom is -0.322 e. The second kappa shape index (κ2) is 10.2. The molecule has 0 aliphatic heterocycles. The first kappa shape index (κ1) is 25.5. The van der Waals surface area contributed by atoms with Gasteiger partial charge in [0.2, 0.25) is 5.91 Å². The van der Waals surface area contributed by atoms with Gasteiger partial charge >= 0.3 is 0 Å². The highest BCUT2D eigenvalue weighted by atomic mass is 32.2. The molecule has 1 aliphatic carbocycles. The highest BCUT2D eigenvalue weighted by Gasteiger charge is 2.27. The summed E-state index contributed by atoms with van der Waals surface area (Å²) in [7, 11) is 1.89. The van der Waals surface area contributed by atoms with E-state index in [1.165, 1.54) is 36.6 Å². The molecular weight excluding hydrogens is 456 g/mol. The monoisotopic (exact) mass is 494 g/mol. The summed E-state index contributed by atoms with van der Waals surface area (Å²) in [5, 5.41) is 17.2. The van der Waals surface area contributed by atoms with Crippen LogP contribution in [0.5, 0.6) is 0 Å². The van der Waals surface area contributed by atoms with Gasteiger partial charge in [0.05, 0.1) is 22.3 Å². The van der Waals surface area contributed by atoms with Crippen molar-refractivity contribution in [2.45, 2.75) is 95.5 Å². The van der Waals surface area contributed by atoms with Crippen molar-refractivity contribution in [3.05, 3.63) is 41.2 Å². The van der Waals surface area contributed by atoms with E-state index in [2.05, 4.69) is 70.2 Å². The Morgan fingerprint density at radius 2 is 1.74 bits per heavy atom. The Kier molecular flexibility index (Phi) is 7.40. The van der Waals surface area contributed by atoms with Gasteiger partial charge in [-0.25, -0.2) is 0 Å². The number of hydrogen-bond donors (Lipinski definition) is 1. The van der Waals surface area contributed by atoms with Gasteiger partial charge in [-0.05, 0) is 44.6 Å². The van der Waals surface area contributed by atoms with Crippen LogP contribution in [0.4, 0.5) is 5.69 Å². The molecule has 7 nitrogen and oxygen atoms in total. The van der Waals surface area contributed by atoms with E-state index in [0.717, 1.165) is 46.5 Å². The summed E-state index contributed by atoms with van der Waals surface area (Å²) < 4.78 is 4.08. The van der Waals surface area contributed by atoms with Crippen molar-refractivity contribution in [1.29, 1.82) is 0 Å². The standard InChI is InChI=1S/C27H38N6OS/c1-17-23(18(2)32(7)31-17)28-25(34)19(3)35-26-30-29-24(33(26)22-11-9-8-10-12-22)20-13-15-21(16-14-20)27(4,5)6/h13-16,19,22H,8-12H2,1-7H3,(H,28,34). The number of thioether (sulfide) groups is 1. The summed E-state index contributed by atoms with van der Waals surface area (Å²) in [5.41, 5.74) is 5.02. The lowest BCUT2D eigenvalue weighted by Crippen LogP contribution is -2.24. The first-order chi connectivity index (χ1) is 16.6. The fourth-order valence-corrected chi connectivity index (χ4v) is 5.65. The average molecular weight is 495 g/mol. The van der Waals surface area contributed by atoms with Gasteiger partial charge in [-0.2, -0.15) is 5.10 Å². The number of aromatic nitrogens is 5. The van der Waals surface area contributed by atoms with Gasteiger partial charge in [-0.1, -0.05) is 76.1 Å². The number of benzene rings is 1. The number of carbonyl (C=O) groups excluding carboxylic acids is 1. The molecule has 188 valence electrons. The maximum absolute atomic E-state index is 13.1. The number of hydrogen-bond acceptors (Lipinski definition) is 5. The first-order valence-corrected chi connectivity index (χ1v) is 13.5. The lowest BCUT2D eigenvalue weighted by Gasteiger charge is -2.26. The highest BCUT2D eigenvalue weighted by molar-refractivity contribution is 8.00. The summed E-state index contributed by atoms with van der Waals surface area (Å²) in [6, 6.07) is 9.05. The van der Waals surface area contributed by atoms with Crippen molar-refractivity contribution in [3.63, 3.8) is 0 Å². The number of rotatable bonds is 6. The Morgan fingerprint density at radius 3 is 2.31 bits per heavy atom. The van der Waals surface area contributed by atoms with Crippen LogP contribution >= 0.6 is 11.8 Å². The van der Waals surface area contributed by atoms with Crippen LogP contribution in [0.2, 0.25) is 0 Å². The van der Waals surface area contributed by atoms with E-state index in [1.807, 2.05) is 27.8 Å². The zero-order valence-corrected chi connectivity index (χ0v) is 22.9. The normalized spacial score (nSPS) is 15.9. The fraction of sp³-hybridized carbons (Fsp3) is 0.556. The van der Waals surface area contributed by atoms with Crippen LogP contribution in [0.25, 0.3) is 11.4 Å². The molecule has 3 aromatic rings. The summed E-state index contributed by atoms with van der Waals surface area (Å²) >= 11 is 1.48. The molecule has 1 fully saturated rings. The molecule has 1 unspecified atom stereocenters. The van der Waals surface area contributed by atoms with Crippen molar-refractivity contribution >= 4 is 23.4 Å². The molecule has 0 bridgehead atoms. The van der Waals surface area contributed by atoms with Gasteiger partial charge in [0.25, 0.3) is 0 Å². The molecule has 0 radical (unpaired) electrons. The topological polar surface area (TPSA) is 77.6 Å². The largest absolute Gasteiger partial charge is 0.322 e. The fourth-order valence-electron chi connectivity index (χ4n) is 4.73. The van der Waals surface area contributed by atoms with E-state index in [4.69, 9.17) is 0 Å². The van der Waals surface area contributed by atoms with Crippen molar-refractivity contribution in [3.8, 4) is 11.4 Å². The molecule has 1 saturated carbocycles. The minimum atomic E-state index is -0.323. The van der Waals surface area contributed by atoms with Crippen LogP contribution < -0.4 is 5.32 Å². The number of nitrogens with zero attached hydrogens (tertiary/aromatic N) is 5. The van der Waals surface area contributed by atoms with Gasteiger partial charge in [-0.3, -0.25) is 14.0 Å². The number of nitrogens with one attached hydrogen (secondary N) is 1. The minimum absolute atomic E-state index is 0.0523. The maximum atomic E-state index is 13.1. The Morgan fingerprint density at radius 1 is 1.09 bits per heavy atom. The molecule has 35 heavy (non-hydrogen) atoms. The van der Waals surface area contributed by atoms with Crippen molar-refractivity contribution < 1.29 is 4.79 Å². The number of carbonyl (C=O) groups is 1. The average Bonchev–Trinajstić information content (AvgIpc) is 3.34. The third-order valence-electron chi connectivity index (χ3n) is 7.02. The van der Waals surface area contributed by atoms with Gasteiger partial charge in [0, 0.05) is 18.7 Å². The molecule has 1 atom stereocenters. The maximum Gasteiger partial charge on any atom is 0.237 e. The van der Waals surface area contributed by atoms with Crippen LogP contribution in [-0.2, 0) is 17.3 Å². The molecule has 1 N–H and O–H groups in total. The van der Waals surface area contributed by atoms with Crippen molar-refractivity contribution in [1.82, 2.24) is 24.5 Å². The number of amides is 1. The molecule has 0 saturated heterocycles. The van der Waals surface area contributed by atoms with Crippen LogP contribution in [0, 0.1) is 13.8 Å². The van der Waals surface area contributed by atoms with Gasteiger partial charge in [-0.15, -0.1) is 10.2 Å². The van der Waals surface area contributed by atoms with Gasteiger partial charge in [0.15, 0.2) is 11.0 Å². The molecule has 0 spiro atoms. The smallest absolute Gasteiger partial charge is 0.237 e. The number of aryl methyl sites for hydroxylation is 2. The third-order valence-corrected chi connectivity index (χ3v) is 8.08. The summed E-state index contributed by atoms with van der Waals surface area (Å²) in [4.78, 5) is 13.1. The second-order valence-corrected chi connectivity index (χ2v) is 12.0. The predicted molar refractivity (Wildman–Crippen MR) is 143 cm³/mol. The molecular formula is C27H38N6OS. The predicted octanol–water partition coefficient (Wildman–Crippen LogP) is 6.22. The molecule has 2 aromatic heterocycles. The molecule has 4 rings (SSSR count). The van der Waals surface area contributed by atoms with E-state index >= 15 is 0 Å². The van der Waals surface area contributed by atoms with Crippen LogP contribution in [0.15, 0.2) is 29.4 Å². The molecule has 2 heterocycles. The Hall–Kier alpha value is -2.61. The SMILES string of the molecule is Cc1nn(C)c(C)c1NC(=O)C(C)Sc1nnc(-c2ccc(C(C)(C)C)cc2)n1C1CCCCC1. The Labute approximate surface area is 213 Å². The van der Waals surface area contributed by atoms with Crippen LogP contribution in [-0.4, -0.2) is 35.7 Å². The van der Waals surface area contributed by atoms with E-state index in [1.54, 1.807) is 4.68 Å². The zero-order chi connectivity index (χ0) is 25.3.